The molecule has 2 atom stereocenters. The van der Waals surface area contributed by atoms with Gasteiger partial charge in [-0.2, -0.15) is 0 Å². The van der Waals surface area contributed by atoms with E-state index in [1.165, 1.54) is 5.56 Å². The van der Waals surface area contributed by atoms with E-state index in [1.54, 1.807) is 0 Å². The van der Waals surface area contributed by atoms with Crippen molar-refractivity contribution in [3.63, 3.8) is 0 Å². The van der Waals surface area contributed by atoms with Crippen LogP contribution in [0, 0.1) is 0 Å². The van der Waals surface area contributed by atoms with E-state index in [0.29, 0.717) is 0 Å². The smallest absolute Gasteiger partial charge is 0.0938 e. The number of aryl methyl sites for hydroxylation is 1. The van der Waals surface area contributed by atoms with E-state index in [0.717, 1.165) is 12.0 Å². The minimum Gasteiger partial charge on any atom is -0.387 e. The summed E-state index contributed by atoms with van der Waals surface area (Å²) in [5, 5.41) is 9.69. The SMILES string of the molecule is CCc1cccc([C@@H](O)[C@H](C)N)c1.Cl. The number of benzene rings is 1. The van der Waals surface area contributed by atoms with Gasteiger partial charge in [0.15, 0.2) is 0 Å². The van der Waals surface area contributed by atoms with Gasteiger partial charge in [-0.05, 0) is 24.5 Å². The highest BCUT2D eigenvalue weighted by Crippen LogP contribution is 2.16. The average molecular weight is 216 g/mol. The van der Waals surface area contributed by atoms with Gasteiger partial charge in [0.05, 0.1) is 6.10 Å². The van der Waals surface area contributed by atoms with Crippen molar-refractivity contribution in [3.8, 4) is 0 Å². The third-order valence-corrected chi connectivity index (χ3v) is 2.20. The molecule has 0 fully saturated rings. The number of rotatable bonds is 3. The van der Waals surface area contributed by atoms with Gasteiger partial charge in [-0.25, -0.2) is 0 Å². The molecule has 3 N–H and O–H groups in total. The van der Waals surface area contributed by atoms with Gasteiger partial charge in [0.25, 0.3) is 0 Å². The third-order valence-electron chi connectivity index (χ3n) is 2.20. The van der Waals surface area contributed by atoms with Crippen LogP contribution >= 0.6 is 12.4 Å². The monoisotopic (exact) mass is 215 g/mol. The van der Waals surface area contributed by atoms with Crippen LogP contribution in [0.4, 0.5) is 0 Å². The Hall–Kier alpha value is -0.570. The summed E-state index contributed by atoms with van der Waals surface area (Å²) in [7, 11) is 0. The van der Waals surface area contributed by atoms with Crippen LogP contribution in [0.5, 0.6) is 0 Å². The second-order valence-corrected chi connectivity index (χ2v) is 3.40. The van der Waals surface area contributed by atoms with E-state index in [9.17, 15) is 5.11 Å². The molecule has 0 saturated heterocycles. The molecule has 3 heteroatoms. The molecule has 0 aliphatic carbocycles. The lowest BCUT2D eigenvalue weighted by Crippen LogP contribution is -2.24. The molecule has 1 aromatic carbocycles. The van der Waals surface area contributed by atoms with Crippen molar-refractivity contribution in [1.29, 1.82) is 0 Å². The van der Waals surface area contributed by atoms with Crippen LogP contribution in [0.2, 0.25) is 0 Å². The second kappa shape index (κ2) is 6.02. The van der Waals surface area contributed by atoms with Crippen molar-refractivity contribution in [2.45, 2.75) is 32.4 Å². The molecule has 0 unspecified atom stereocenters. The van der Waals surface area contributed by atoms with Crippen molar-refractivity contribution in [2.75, 3.05) is 0 Å². The molecular formula is C11H18ClNO. The fourth-order valence-corrected chi connectivity index (χ4v) is 1.30. The standard InChI is InChI=1S/C11H17NO.ClH/c1-3-9-5-4-6-10(7-9)11(13)8(2)12;/h4-8,11,13H,3,12H2,1-2H3;1H/t8-,11-;/m0./s1. The minimum absolute atomic E-state index is 0. The van der Waals surface area contributed by atoms with Crippen molar-refractivity contribution in [3.05, 3.63) is 35.4 Å². The maximum Gasteiger partial charge on any atom is 0.0938 e. The zero-order valence-corrected chi connectivity index (χ0v) is 9.42. The Kier molecular flexibility index (Phi) is 5.77. The summed E-state index contributed by atoms with van der Waals surface area (Å²) in [5.74, 6) is 0. The van der Waals surface area contributed by atoms with E-state index in [1.807, 2.05) is 25.1 Å². The van der Waals surface area contributed by atoms with Crippen LogP contribution in [-0.2, 0) is 6.42 Å². The molecule has 1 aromatic rings. The van der Waals surface area contributed by atoms with E-state index in [4.69, 9.17) is 5.73 Å². The number of aliphatic hydroxyl groups excluding tert-OH is 1. The van der Waals surface area contributed by atoms with Crippen molar-refractivity contribution in [1.82, 2.24) is 0 Å². The fraction of sp³-hybridized carbons (Fsp3) is 0.455. The molecule has 2 nitrogen and oxygen atoms in total. The lowest BCUT2D eigenvalue weighted by atomic mass is 10.0. The summed E-state index contributed by atoms with van der Waals surface area (Å²) in [6, 6.07) is 7.71. The number of halogens is 1. The number of hydrogen-bond donors (Lipinski definition) is 2. The highest BCUT2D eigenvalue weighted by Gasteiger charge is 2.11. The Morgan fingerprint density at radius 3 is 2.57 bits per heavy atom. The van der Waals surface area contributed by atoms with Gasteiger partial charge in [-0.15, -0.1) is 12.4 Å². The van der Waals surface area contributed by atoms with Crippen molar-refractivity contribution >= 4 is 12.4 Å². The topological polar surface area (TPSA) is 46.2 Å². The quantitative estimate of drug-likeness (QED) is 0.811. The molecule has 0 aliphatic rings. The van der Waals surface area contributed by atoms with Gasteiger partial charge >= 0.3 is 0 Å². The Morgan fingerprint density at radius 1 is 1.43 bits per heavy atom. The number of aliphatic hydroxyl groups is 1. The molecule has 0 aromatic heterocycles. The highest BCUT2D eigenvalue weighted by atomic mass is 35.5. The Morgan fingerprint density at radius 2 is 2.07 bits per heavy atom. The predicted molar refractivity (Wildman–Crippen MR) is 61.7 cm³/mol. The van der Waals surface area contributed by atoms with Gasteiger partial charge in [0.2, 0.25) is 0 Å². The molecule has 14 heavy (non-hydrogen) atoms. The molecular weight excluding hydrogens is 198 g/mol. The molecule has 0 amide bonds. The average Bonchev–Trinajstić information content (AvgIpc) is 2.16. The van der Waals surface area contributed by atoms with Crippen LogP contribution in [0.3, 0.4) is 0 Å². The molecule has 0 radical (unpaired) electrons. The van der Waals surface area contributed by atoms with Gasteiger partial charge in [-0.3, -0.25) is 0 Å². The summed E-state index contributed by atoms with van der Waals surface area (Å²) in [6.07, 6.45) is 0.436. The molecule has 0 spiro atoms. The Bertz CT molecular complexity index is 276. The van der Waals surface area contributed by atoms with Crippen LogP contribution in [-0.4, -0.2) is 11.1 Å². The lowest BCUT2D eigenvalue weighted by Gasteiger charge is -2.15. The first-order chi connectivity index (χ1) is 6.15. The first-order valence-electron chi connectivity index (χ1n) is 4.67. The first kappa shape index (κ1) is 13.4. The maximum atomic E-state index is 9.69. The lowest BCUT2D eigenvalue weighted by molar-refractivity contribution is 0.153. The summed E-state index contributed by atoms with van der Waals surface area (Å²) in [6.45, 7) is 3.90. The van der Waals surface area contributed by atoms with Gasteiger partial charge in [0.1, 0.15) is 0 Å². The molecule has 0 saturated carbocycles. The van der Waals surface area contributed by atoms with Crippen LogP contribution in [0.25, 0.3) is 0 Å². The summed E-state index contributed by atoms with van der Waals surface area (Å²) < 4.78 is 0. The molecule has 1 rings (SSSR count). The van der Waals surface area contributed by atoms with Gasteiger partial charge in [-0.1, -0.05) is 31.2 Å². The van der Waals surface area contributed by atoms with Gasteiger partial charge in [0, 0.05) is 6.04 Å². The van der Waals surface area contributed by atoms with Crippen LogP contribution in [0.15, 0.2) is 24.3 Å². The molecule has 80 valence electrons. The molecule has 0 aliphatic heterocycles. The second-order valence-electron chi connectivity index (χ2n) is 3.40. The zero-order chi connectivity index (χ0) is 9.84. The van der Waals surface area contributed by atoms with Gasteiger partial charge < -0.3 is 10.8 Å². The summed E-state index contributed by atoms with van der Waals surface area (Å²) >= 11 is 0. The van der Waals surface area contributed by atoms with E-state index in [2.05, 4.69) is 13.0 Å². The van der Waals surface area contributed by atoms with Crippen LogP contribution in [0.1, 0.15) is 31.1 Å². The van der Waals surface area contributed by atoms with Crippen LogP contribution < -0.4 is 5.73 Å². The summed E-state index contributed by atoms with van der Waals surface area (Å²) in [5.41, 5.74) is 7.75. The highest BCUT2D eigenvalue weighted by molar-refractivity contribution is 5.85. The number of hydrogen-bond acceptors (Lipinski definition) is 2. The zero-order valence-electron chi connectivity index (χ0n) is 8.60. The predicted octanol–water partition coefficient (Wildman–Crippen LogP) is 2.05. The summed E-state index contributed by atoms with van der Waals surface area (Å²) in [4.78, 5) is 0. The maximum absolute atomic E-state index is 9.69. The largest absolute Gasteiger partial charge is 0.387 e. The van der Waals surface area contributed by atoms with Crippen molar-refractivity contribution in [2.24, 2.45) is 5.73 Å². The number of nitrogens with two attached hydrogens (primary N) is 1. The minimum atomic E-state index is -0.550. The molecule has 0 bridgehead atoms. The van der Waals surface area contributed by atoms with E-state index in [-0.39, 0.29) is 18.4 Å². The van der Waals surface area contributed by atoms with Crippen molar-refractivity contribution < 1.29 is 5.11 Å². The first-order valence-corrected chi connectivity index (χ1v) is 4.67. The fourth-order valence-electron chi connectivity index (χ4n) is 1.30. The normalized spacial score (nSPS) is 14.3. The third kappa shape index (κ3) is 3.29. The molecule has 0 heterocycles. The Labute approximate surface area is 91.5 Å². The Balaban J connectivity index is 0.00000169. The van der Waals surface area contributed by atoms with E-state index < -0.39 is 6.10 Å². The van der Waals surface area contributed by atoms with E-state index >= 15 is 0 Å².